The van der Waals surface area contributed by atoms with Gasteiger partial charge in [-0.3, -0.25) is 0 Å². The second kappa shape index (κ2) is 28.3. The number of aromatic hydroxyl groups is 1. The summed E-state index contributed by atoms with van der Waals surface area (Å²) in [6, 6.07) is 29.2. The van der Waals surface area contributed by atoms with Gasteiger partial charge in [0.15, 0.2) is 23.1 Å². The third-order valence-electron chi connectivity index (χ3n) is 11.2. The van der Waals surface area contributed by atoms with Gasteiger partial charge in [-0.2, -0.15) is 35.1 Å². The van der Waals surface area contributed by atoms with Gasteiger partial charge in [0.25, 0.3) is 0 Å². The van der Waals surface area contributed by atoms with Gasteiger partial charge in [-0.1, -0.05) is 109 Å². The van der Waals surface area contributed by atoms with Gasteiger partial charge in [-0.15, -0.1) is 0 Å². The normalized spacial score (nSPS) is 14.5. The van der Waals surface area contributed by atoms with Crippen LogP contribution in [0, 0.1) is 23.3 Å². The van der Waals surface area contributed by atoms with E-state index in [1.165, 1.54) is 18.2 Å². The van der Waals surface area contributed by atoms with Crippen LogP contribution in [0.1, 0.15) is 103 Å². The van der Waals surface area contributed by atoms with Crippen LogP contribution in [0.4, 0.5) is 52.7 Å². The molecule has 0 aliphatic carbocycles. The average Bonchev–Trinajstić information content (AvgIpc) is 3.56. The summed E-state index contributed by atoms with van der Waals surface area (Å²) in [5, 5.41) is 9.76. The summed E-state index contributed by atoms with van der Waals surface area (Å²) in [6.45, 7) is 17.7. The molecule has 23 heteroatoms. The summed E-state index contributed by atoms with van der Waals surface area (Å²) in [7, 11) is -3.78. The number of phenolic OH excluding ortho intramolecular Hbond substituents is 1. The maximum atomic E-state index is 15.3. The first-order chi connectivity index (χ1) is 37.4. The first kappa shape index (κ1) is 68.1. The molecule has 0 amide bonds. The van der Waals surface area contributed by atoms with Crippen molar-refractivity contribution in [3.63, 3.8) is 0 Å². The molecular formula is C58H63F12IN2O6S2. The Morgan fingerprint density at radius 1 is 0.519 bits per heavy atom. The molecule has 0 radical (unpaired) electrons. The maximum Gasteiger partial charge on any atom is 0.461 e. The summed E-state index contributed by atoms with van der Waals surface area (Å²) in [6.07, 6.45) is -18.7. The number of ether oxygens (including phenoxy) is 3. The molecule has 0 aromatic heterocycles. The van der Waals surface area contributed by atoms with E-state index in [9.17, 15) is 61.8 Å². The topological polar surface area (TPSA) is 106 Å². The zero-order chi connectivity index (χ0) is 61.1. The minimum absolute atomic E-state index is 0.0569. The Balaban J connectivity index is 0.000000328. The summed E-state index contributed by atoms with van der Waals surface area (Å²) < 4.78 is 212. The van der Waals surface area contributed by atoms with Crippen molar-refractivity contribution in [1.82, 2.24) is 9.44 Å². The van der Waals surface area contributed by atoms with Crippen LogP contribution in [0.15, 0.2) is 133 Å². The minimum atomic E-state index is -4.92. The van der Waals surface area contributed by atoms with E-state index in [2.05, 4.69) is 55.4 Å². The Morgan fingerprint density at radius 2 is 0.877 bits per heavy atom. The molecule has 6 rings (SSSR count). The number of rotatable bonds is 20. The Hall–Kier alpha value is -5.37. The van der Waals surface area contributed by atoms with Gasteiger partial charge in [0.1, 0.15) is 23.1 Å². The van der Waals surface area contributed by atoms with Crippen molar-refractivity contribution >= 4 is 44.6 Å². The summed E-state index contributed by atoms with van der Waals surface area (Å²) in [5.41, 5.74) is -2.29. The van der Waals surface area contributed by atoms with Gasteiger partial charge in [-0.25, -0.2) is 35.4 Å². The predicted molar refractivity (Wildman–Crippen MR) is 299 cm³/mol. The molecule has 0 fully saturated rings. The molecule has 0 spiro atoms. The van der Waals surface area contributed by atoms with Gasteiger partial charge in [-0.05, 0) is 150 Å². The standard InChI is InChI=1S/C29H31F6NO3S.C26H25F6NO3S.C3H7I/c1-18(2)38-25-12-11-20(15-24(25)31)28(36-40(37)27(3,4)5,17-19-9-7-6-8-10-19)21-13-22(30)16-23(14-21)39-29(34,35)26(32)33;1-24(2,3)37(35)33-25(15-16-7-5-4-6-8-16,17-9-10-22(34)21(28)13-17)18-11-19(27)14-20(12-18)36-26(31,32)23(29)30;1-3(2)4/h6-16,18,26,36H,17H2,1-5H3;4-14,23,33-34H,15H2,1-3H3;3H,1-2H3/t28-,40-;25-,37-;/m11./s1. The molecule has 3 N–H and O–H groups in total. The van der Waals surface area contributed by atoms with E-state index in [0.717, 1.165) is 46.4 Å². The zero-order valence-corrected chi connectivity index (χ0v) is 49.4. The monoisotopic (exact) mass is 1300 g/mol. The lowest BCUT2D eigenvalue weighted by Gasteiger charge is -2.38. The highest BCUT2D eigenvalue weighted by atomic mass is 127. The molecule has 0 aliphatic heterocycles. The van der Waals surface area contributed by atoms with Gasteiger partial charge < -0.3 is 19.3 Å². The van der Waals surface area contributed by atoms with Crippen LogP contribution in [0.5, 0.6) is 23.0 Å². The lowest BCUT2D eigenvalue weighted by Crippen LogP contribution is -2.50. The van der Waals surface area contributed by atoms with Gasteiger partial charge >= 0.3 is 25.1 Å². The van der Waals surface area contributed by atoms with E-state index in [4.69, 9.17) is 4.74 Å². The molecule has 0 bridgehead atoms. The number of halogens is 13. The van der Waals surface area contributed by atoms with E-state index in [1.807, 2.05) is 0 Å². The Kier molecular flexibility index (Phi) is 23.8. The van der Waals surface area contributed by atoms with Crippen LogP contribution < -0.4 is 23.7 Å². The molecule has 4 atom stereocenters. The van der Waals surface area contributed by atoms with Crippen molar-refractivity contribution < 1.29 is 80.4 Å². The fraction of sp³-hybridized carbons (Fsp3) is 0.379. The van der Waals surface area contributed by atoms with Crippen LogP contribution in [0.25, 0.3) is 0 Å². The highest BCUT2D eigenvalue weighted by molar-refractivity contribution is 14.1. The van der Waals surface area contributed by atoms with Crippen LogP contribution in [0.2, 0.25) is 0 Å². The molecule has 0 saturated carbocycles. The molecule has 8 nitrogen and oxygen atoms in total. The van der Waals surface area contributed by atoms with Crippen molar-refractivity contribution in [3.8, 4) is 23.0 Å². The fourth-order valence-electron chi connectivity index (χ4n) is 7.50. The number of hydrogen-bond donors (Lipinski definition) is 3. The fourth-order valence-corrected chi connectivity index (χ4v) is 9.36. The third-order valence-corrected chi connectivity index (χ3v) is 14.5. The highest BCUT2D eigenvalue weighted by Crippen LogP contribution is 2.42. The predicted octanol–water partition coefficient (Wildman–Crippen LogP) is 15.8. The Morgan fingerprint density at radius 3 is 1.20 bits per heavy atom. The second-order valence-corrected chi connectivity index (χ2v) is 27.3. The lowest BCUT2D eigenvalue weighted by molar-refractivity contribution is -0.253. The summed E-state index contributed by atoms with van der Waals surface area (Å²) >= 11 is 2.34. The van der Waals surface area contributed by atoms with Crippen molar-refractivity contribution in [1.29, 1.82) is 0 Å². The van der Waals surface area contributed by atoms with Crippen molar-refractivity contribution in [3.05, 3.63) is 190 Å². The summed E-state index contributed by atoms with van der Waals surface area (Å²) in [5.74, 6) is -6.57. The van der Waals surface area contributed by atoms with Crippen LogP contribution in [-0.4, -0.2) is 58.1 Å². The first-order valence-corrected chi connectivity index (χ1v) is 28.3. The Labute approximate surface area is 482 Å². The highest BCUT2D eigenvalue weighted by Gasteiger charge is 2.47. The molecule has 0 aliphatic rings. The average molecular weight is 1300 g/mol. The van der Waals surface area contributed by atoms with Crippen molar-refractivity contribution in [2.75, 3.05) is 0 Å². The number of phenols is 1. The second-order valence-electron chi connectivity index (χ2n) is 20.9. The molecule has 6 aromatic rings. The summed E-state index contributed by atoms with van der Waals surface area (Å²) in [4.78, 5) is 0. The molecule has 0 saturated heterocycles. The smallest absolute Gasteiger partial charge is 0.461 e. The third kappa shape index (κ3) is 19.4. The molecule has 81 heavy (non-hydrogen) atoms. The van der Waals surface area contributed by atoms with Crippen molar-refractivity contribution in [2.45, 2.75) is 138 Å². The number of nitrogens with one attached hydrogen (secondary N) is 2. The van der Waals surface area contributed by atoms with Gasteiger partial charge in [0, 0.05) is 16.1 Å². The van der Waals surface area contributed by atoms with Crippen molar-refractivity contribution in [2.24, 2.45) is 0 Å². The number of hydrogen-bond acceptors (Lipinski definition) is 6. The van der Waals surface area contributed by atoms with E-state index >= 15 is 4.39 Å². The van der Waals surface area contributed by atoms with Crippen LogP contribution in [-0.2, 0) is 45.9 Å². The first-order valence-electron chi connectivity index (χ1n) is 24.8. The van der Waals surface area contributed by atoms with E-state index in [0.29, 0.717) is 23.3 Å². The van der Waals surface area contributed by atoms with Gasteiger partial charge in [0.05, 0.1) is 48.6 Å². The molecular weight excluding hydrogens is 1240 g/mol. The Bertz CT molecular complexity index is 3060. The number of alkyl halides is 9. The van der Waals surface area contributed by atoms with Crippen LogP contribution in [0.3, 0.4) is 0 Å². The van der Waals surface area contributed by atoms with Crippen LogP contribution >= 0.6 is 22.6 Å². The zero-order valence-electron chi connectivity index (χ0n) is 45.6. The largest absolute Gasteiger partial charge is 0.505 e. The SMILES string of the molecule is CC(C)(C)[S@@](=O)N[C@@](Cc1ccccc1)(c1cc(F)cc(OC(F)(F)C(F)F)c1)c1ccc(O)c(F)c1.CC(C)I.CC(C)Oc1ccc([C@@](Cc2ccccc2)(N[S@](=O)C(C)(C)C)c2cc(F)cc(OC(F)(F)C(F)F)c2)cc1F. The van der Waals surface area contributed by atoms with Gasteiger partial charge in [0.2, 0.25) is 0 Å². The van der Waals surface area contributed by atoms with E-state index in [1.54, 1.807) is 116 Å². The molecule has 0 unspecified atom stereocenters. The quantitative estimate of drug-likeness (QED) is 0.0399. The lowest BCUT2D eigenvalue weighted by atomic mass is 9.78. The van der Waals surface area contributed by atoms with E-state index in [-0.39, 0.29) is 46.9 Å². The maximum absolute atomic E-state index is 15.3. The molecule has 6 aromatic carbocycles. The number of benzene rings is 6. The van der Waals surface area contributed by atoms with E-state index < -0.39 is 108 Å². The minimum Gasteiger partial charge on any atom is -0.505 e. The molecule has 0 heterocycles. The molecule has 444 valence electrons.